The van der Waals surface area contributed by atoms with Gasteiger partial charge in [0.25, 0.3) is 11.6 Å². The average molecular weight is 424 g/mol. The van der Waals surface area contributed by atoms with Crippen molar-refractivity contribution in [2.45, 2.75) is 26.1 Å². The van der Waals surface area contributed by atoms with E-state index in [1.165, 1.54) is 35.0 Å². The number of non-ortho nitro benzene ring substituents is 1. The first kappa shape index (κ1) is 20.7. The normalized spacial score (nSPS) is 18.7. The summed E-state index contributed by atoms with van der Waals surface area (Å²) in [6, 6.07) is 13.5. The van der Waals surface area contributed by atoms with Crippen LogP contribution in [0.5, 0.6) is 0 Å². The zero-order valence-electron chi connectivity index (χ0n) is 17.1. The number of amides is 1. The fraction of sp³-hybridized carbons (Fsp3) is 0.273. The number of nitro groups is 1. The maximum atomic E-state index is 14.4. The summed E-state index contributed by atoms with van der Waals surface area (Å²) in [6.45, 7) is 4.58. The number of ether oxygens (including phenoxy) is 1. The summed E-state index contributed by atoms with van der Waals surface area (Å²) in [5.74, 6) is -0.776. The predicted molar refractivity (Wildman–Crippen MR) is 112 cm³/mol. The molecule has 0 bridgehead atoms. The van der Waals surface area contributed by atoms with Crippen LogP contribution >= 0.6 is 0 Å². The Hall–Kier alpha value is -3.59. The number of benzene rings is 2. The van der Waals surface area contributed by atoms with Crippen molar-refractivity contribution in [3.05, 3.63) is 76.2 Å². The monoisotopic (exact) mass is 424 g/mol. The highest BCUT2D eigenvalue weighted by Gasteiger charge is 2.30. The minimum absolute atomic E-state index is 0.132. The Morgan fingerprint density at radius 3 is 2.52 bits per heavy atom. The van der Waals surface area contributed by atoms with Crippen LogP contribution in [0.4, 0.5) is 10.1 Å². The first-order chi connectivity index (χ1) is 14.8. The number of rotatable bonds is 4. The van der Waals surface area contributed by atoms with Crippen molar-refractivity contribution in [3.8, 4) is 16.9 Å². The Kier molecular flexibility index (Phi) is 5.51. The Labute approximate surface area is 178 Å². The summed E-state index contributed by atoms with van der Waals surface area (Å²) in [4.78, 5) is 25.8. The average Bonchev–Trinajstić information content (AvgIpc) is 3.18. The fourth-order valence-corrected chi connectivity index (χ4v) is 3.77. The van der Waals surface area contributed by atoms with E-state index in [0.29, 0.717) is 18.8 Å². The lowest BCUT2D eigenvalue weighted by molar-refractivity contribution is -0.384. The molecule has 1 fully saturated rings. The van der Waals surface area contributed by atoms with Gasteiger partial charge < -0.3 is 9.64 Å². The van der Waals surface area contributed by atoms with Crippen molar-refractivity contribution in [3.63, 3.8) is 0 Å². The third-order valence-corrected chi connectivity index (χ3v) is 5.07. The molecule has 2 aromatic carbocycles. The van der Waals surface area contributed by atoms with Gasteiger partial charge in [-0.25, -0.2) is 9.07 Å². The molecule has 3 aromatic rings. The van der Waals surface area contributed by atoms with Gasteiger partial charge in [-0.05, 0) is 38.1 Å². The van der Waals surface area contributed by atoms with E-state index in [1.54, 1.807) is 29.2 Å². The molecule has 0 spiro atoms. The Bertz CT molecular complexity index is 1140. The van der Waals surface area contributed by atoms with Gasteiger partial charge in [0, 0.05) is 30.8 Å². The molecule has 2 unspecified atom stereocenters. The summed E-state index contributed by atoms with van der Waals surface area (Å²) in [5, 5.41) is 15.7. The highest BCUT2D eigenvalue weighted by molar-refractivity contribution is 5.94. The van der Waals surface area contributed by atoms with Crippen LogP contribution in [0.15, 0.2) is 54.6 Å². The molecule has 9 heteroatoms. The summed E-state index contributed by atoms with van der Waals surface area (Å²) < 4.78 is 21.4. The molecule has 8 nitrogen and oxygen atoms in total. The van der Waals surface area contributed by atoms with Gasteiger partial charge in [-0.2, -0.15) is 5.10 Å². The van der Waals surface area contributed by atoms with E-state index in [0.717, 1.165) is 0 Å². The number of hydrogen-bond acceptors (Lipinski definition) is 5. The largest absolute Gasteiger partial charge is 0.372 e. The highest BCUT2D eigenvalue weighted by Crippen LogP contribution is 2.27. The summed E-state index contributed by atoms with van der Waals surface area (Å²) in [6.07, 6.45) is -0.263. The second-order valence-electron chi connectivity index (χ2n) is 7.55. The fourth-order valence-electron chi connectivity index (χ4n) is 3.77. The minimum atomic E-state index is -0.516. The molecular weight excluding hydrogens is 403 g/mol. The van der Waals surface area contributed by atoms with Gasteiger partial charge in [0.1, 0.15) is 11.5 Å². The van der Waals surface area contributed by atoms with E-state index in [1.807, 2.05) is 13.8 Å². The van der Waals surface area contributed by atoms with Crippen LogP contribution in [0.3, 0.4) is 0 Å². The smallest absolute Gasteiger partial charge is 0.272 e. The first-order valence-corrected chi connectivity index (χ1v) is 9.88. The standard InChI is InChI=1S/C22H21FN4O4/c1-14-12-25(13-15(2)31-14)22(28)21-11-20(18-8-3-4-9-19(18)23)24-26(21)16-6-5-7-17(10-16)27(29)30/h3-11,14-15H,12-13H2,1-2H3. The van der Waals surface area contributed by atoms with Crippen LogP contribution in [-0.2, 0) is 4.74 Å². The lowest BCUT2D eigenvalue weighted by Gasteiger charge is -2.35. The van der Waals surface area contributed by atoms with Crippen molar-refractivity contribution in [1.29, 1.82) is 0 Å². The van der Waals surface area contributed by atoms with Crippen molar-refractivity contribution >= 4 is 11.6 Å². The summed E-state index contributed by atoms with van der Waals surface area (Å²) in [5.41, 5.74) is 0.911. The maximum absolute atomic E-state index is 14.4. The second kappa shape index (κ2) is 8.27. The Balaban J connectivity index is 1.83. The van der Waals surface area contributed by atoms with E-state index < -0.39 is 10.7 Å². The predicted octanol–water partition coefficient (Wildman–Crippen LogP) is 3.84. The molecule has 1 aliphatic rings. The quantitative estimate of drug-likeness (QED) is 0.469. The molecule has 0 saturated carbocycles. The number of nitrogens with zero attached hydrogens (tertiary/aromatic N) is 4. The number of morpholine rings is 1. The van der Waals surface area contributed by atoms with Crippen LogP contribution < -0.4 is 0 Å². The van der Waals surface area contributed by atoms with Crippen LogP contribution in [0.1, 0.15) is 24.3 Å². The second-order valence-corrected chi connectivity index (χ2v) is 7.55. The molecule has 1 aliphatic heterocycles. The highest BCUT2D eigenvalue weighted by atomic mass is 19.1. The van der Waals surface area contributed by atoms with Crippen molar-refractivity contribution in [2.24, 2.45) is 0 Å². The van der Waals surface area contributed by atoms with E-state index in [-0.39, 0.29) is 40.8 Å². The maximum Gasteiger partial charge on any atom is 0.272 e. The molecule has 160 valence electrons. The zero-order chi connectivity index (χ0) is 22.1. The SMILES string of the molecule is CC1CN(C(=O)c2cc(-c3ccccc3F)nn2-c2cccc([N+](=O)[O-])c2)CC(C)O1. The van der Waals surface area contributed by atoms with Crippen LogP contribution in [0.2, 0.25) is 0 Å². The molecule has 0 radical (unpaired) electrons. The van der Waals surface area contributed by atoms with E-state index in [9.17, 15) is 19.3 Å². The molecule has 0 aliphatic carbocycles. The van der Waals surface area contributed by atoms with Gasteiger partial charge >= 0.3 is 0 Å². The Morgan fingerprint density at radius 1 is 1.13 bits per heavy atom. The molecule has 1 aromatic heterocycles. The summed E-state index contributed by atoms with van der Waals surface area (Å²) in [7, 11) is 0. The van der Waals surface area contributed by atoms with E-state index in [2.05, 4.69) is 5.10 Å². The van der Waals surface area contributed by atoms with E-state index in [4.69, 9.17) is 4.74 Å². The molecular formula is C22H21FN4O4. The zero-order valence-corrected chi connectivity index (χ0v) is 17.1. The number of carbonyl (C=O) groups is 1. The number of hydrogen-bond donors (Lipinski definition) is 0. The number of aromatic nitrogens is 2. The first-order valence-electron chi connectivity index (χ1n) is 9.88. The van der Waals surface area contributed by atoms with Gasteiger partial charge in [0.05, 0.1) is 28.5 Å². The Morgan fingerprint density at radius 2 is 1.84 bits per heavy atom. The van der Waals surface area contributed by atoms with Crippen LogP contribution in [-0.4, -0.2) is 50.8 Å². The van der Waals surface area contributed by atoms with Gasteiger partial charge in [-0.1, -0.05) is 18.2 Å². The molecule has 0 N–H and O–H groups in total. The number of halogens is 1. The molecule has 1 saturated heterocycles. The molecule has 1 amide bonds. The third-order valence-electron chi connectivity index (χ3n) is 5.07. The third kappa shape index (κ3) is 4.17. The van der Waals surface area contributed by atoms with Gasteiger partial charge in [0.2, 0.25) is 0 Å². The van der Waals surface area contributed by atoms with Gasteiger partial charge in [-0.15, -0.1) is 0 Å². The number of carbonyl (C=O) groups excluding carboxylic acids is 1. The number of nitro benzene ring substituents is 1. The van der Waals surface area contributed by atoms with Crippen molar-refractivity contribution < 1.29 is 18.8 Å². The lowest BCUT2D eigenvalue weighted by atomic mass is 10.1. The molecule has 31 heavy (non-hydrogen) atoms. The van der Waals surface area contributed by atoms with Crippen molar-refractivity contribution in [2.75, 3.05) is 13.1 Å². The topological polar surface area (TPSA) is 90.5 Å². The molecule has 2 heterocycles. The van der Waals surface area contributed by atoms with E-state index >= 15 is 0 Å². The molecule has 2 atom stereocenters. The van der Waals surface area contributed by atoms with Crippen LogP contribution in [0.25, 0.3) is 16.9 Å². The van der Waals surface area contributed by atoms with Crippen LogP contribution in [0, 0.1) is 15.9 Å². The van der Waals surface area contributed by atoms with Gasteiger partial charge in [-0.3, -0.25) is 14.9 Å². The van der Waals surface area contributed by atoms with Crippen molar-refractivity contribution in [1.82, 2.24) is 14.7 Å². The lowest BCUT2D eigenvalue weighted by Crippen LogP contribution is -2.48. The molecule has 4 rings (SSSR count). The minimum Gasteiger partial charge on any atom is -0.372 e. The summed E-state index contributed by atoms with van der Waals surface area (Å²) >= 11 is 0. The van der Waals surface area contributed by atoms with Gasteiger partial charge in [0.15, 0.2) is 0 Å².